The lowest BCUT2D eigenvalue weighted by Crippen LogP contribution is -2.32. The Bertz CT molecular complexity index is 1630. The first kappa shape index (κ1) is 28.0. The fraction of sp³-hybridized carbons (Fsp3) is 0.226. The highest BCUT2D eigenvalue weighted by Crippen LogP contribution is 2.43. The molecule has 0 fully saturated rings. The smallest absolute Gasteiger partial charge is 0.355 e. The van der Waals surface area contributed by atoms with Crippen LogP contribution >= 0.6 is 11.3 Å². The summed E-state index contributed by atoms with van der Waals surface area (Å²) in [6.45, 7) is 4.60. The summed E-state index contributed by atoms with van der Waals surface area (Å²) in [5, 5.41) is 17.9. The lowest BCUT2D eigenvalue weighted by molar-refractivity contribution is 0.0691. The maximum absolute atomic E-state index is 13.8. The lowest BCUT2D eigenvalue weighted by atomic mass is 9.93. The highest BCUT2D eigenvalue weighted by molar-refractivity contribution is 7.13. The number of hydrogen-bond donors (Lipinski definition) is 4. The molecule has 2 aromatic carbocycles. The Morgan fingerprint density at radius 1 is 1.05 bits per heavy atom. The van der Waals surface area contributed by atoms with Gasteiger partial charge in [-0.15, -0.1) is 11.3 Å². The average Bonchev–Trinajstić information content (AvgIpc) is 3.38. The number of benzene rings is 2. The summed E-state index contributed by atoms with van der Waals surface area (Å²) >= 11 is 1.56. The molecule has 0 aliphatic carbocycles. The van der Waals surface area contributed by atoms with Gasteiger partial charge in [-0.1, -0.05) is 19.1 Å². The van der Waals surface area contributed by atoms with Crippen molar-refractivity contribution >= 4 is 34.8 Å². The number of carboxylic acid groups (broad SMARTS) is 1. The Labute approximate surface area is 241 Å². The van der Waals surface area contributed by atoms with Gasteiger partial charge in [0.25, 0.3) is 11.8 Å². The van der Waals surface area contributed by atoms with E-state index in [4.69, 9.17) is 10.5 Å². The number of thiophene rings is 1. The van der Waals surface area contributed by atoms with Crippen LogP contribution in [-0.2, 0) is 13.0 Å². The second kappa shape index (κ2) is 11.9. The van der Waals surface area contributed by atoms with Gasteiger partial charge in [-0.3, -0.25) is 9.59 Å². The monoisotopic (exact) mass is 570 g/mol. The van der Waals surface area contributed by atoms with E-state index in [-0.39, 0.29) is 28.6 Å². The summed E-state index contributed by atoms with van der Waals surface area (Å²) in [6, 6.07) is 15.5. The van der Waals surface area contributed by atoms with Gasteiger partial charge in [-0.25, -0.2) is 9.78 Å². The van der Waals surface area contributed by atoms with E-state index in [0.717, 1.165) is 21.6 Å². The third-order valence-corrected chi connectivity index (χ3v) is 8.03. The van der Waals surface area contributed by atoms with Crippen LogP contribution in [0.5, 0.6) is 5.75 Å². The van der Waals surface area contributed by atoms with E-state index in [1.807, 2.05) is 37.4 Å². The van der Waals surface area contributed by atoms with Crippen LogP contribution < -0.4 is 21.1 Å². The second-order valence-corrected chi connectivity index (χ2v) is 10.7. The quantitative estimate of drug-likeness (QED) is 0.224. The fourth-order valence-electron chi connectivity index (χ4n) is 4.62. The van der Waals surface area contributed by atoms with Crippen LogP contribution in [-0.4, -0.2) is 40.5 Å². The van der Waals surface area contributed by atoms with Crippen LogP contribution in [0.1, 0.15) is 62.7 Å². The van der Waals surface area contributed by atoms with Crippen LogP contribution in [0.3, 0.4) is 0 Å². The van der Waals surface area contributed by atoms with Crippen LogP contribution in [0.15, 0.2) is 60.0 Å². The number of rotatable bonds is 8. The third kappa shape index (κ3) is 5.84. The topological polar surface area (TPSA) is 144 Å². The van der Waals surface area contributed by atoms with E-state index in [1.165, 1.54) is 12.1 Å². The Morgan fingerprint density at radius 3 is 2.54 bits per heavy atom. The summed E-state index contributed by atoms with van der Waals surface area (Å²) in [6.07, 6.45) is 1.42. The molecule has 0 saturated heterocycles. The number of carbonyl (C=O) groups excluding carboxylic acids is 2. The molecule has 0 spiro atoms. The first-order valence-electron chi connectivity index (χ1n) is 13.3. The number of hydrogen-bond acceptors (Lipinski definition) is 7. The van der Waals surface area contributed by atoms with Crippen LogP contribution in [0, 0.1) is 0 Å². The van der Waals surface area contributed by atoms with Gasteiger partial charge in [0.2, 0.25) is 0 Å². The molecule has 2 aromatic heterocycles. The maximum Gasteiger partial charge on any atom is 0.355 e. The first-order valence-corrected chi connectivity index (χ1v) is 14.2. The highest BCUT2D eigenvalue weighted by atomic mass is 32.1. The summed E-state index contributed by atoms with van der Waals surface area (Å²) in [5.41, 5.74) is 9.49. The average molecular weight is 571 g/mol. The molecule has 1 atom stereocenters. The fourth-order valence-corrected chi connectivity index (χ4v) is 5.59. The minimum absolute atomic E-state index is 0.0216. The molecule has 1 unspecified atom stereocenters. The molecule has 3 heterocycles. The molecule has 10 heteroatoms. The van der Waals surface area contributed by atoms with Gasteiger partial charge in [-0.05, 0) is 72.3 Å². The molecule has 41 heavy (non-hydrogen) atoms. The molecule has 4 aromatic rings. The van der Waals surface area contributed by atoms with E-state index >= 15 is 0 Å². The van der Waals surface area contributed by atoms with E-state index in [0.29, 0.717) is 43.0 Å². The molecule has 1 aliphatic heterocycles. The maximum atomic E-state index is 13.8. The van der Waals surface area contributed by atoms with Crippen molar-refractivity contribution in [1.82, 2.24) is 10.3 Å². The van der Waals surface area contributed by atoms with Gasteiger partial charge in [0.15, 0.2) is 5.69 Å². The molecule has 0 bridgehead atoms. The Morgan fingerprint density at radius 2 is 1.83 bits per heavy atom. The summed E-state index contributed by atoms with van der Waals surface area (Å²) in [4.78, 5) is 44.1. The van der Waals surface area contributed by atoms with Crippen LogP contribution in [0.25, 0.3) is 21.6 Å². The standard InChI is InChI=1S/C31H30N4O5S/c1-3-17(2)33-30(37)25-9-8-21(27(35-25)31(38)39)22-15-26-24(28-19(10-12-40-26)11-13-41-28)14-23(22)29(36)34-20-6-4-18(16-32)5-7-20/h4-9,11,13-15,17H,3,10,12,16,32H2,1-2H3,(H,33,37)(H,34,36)(H,38,39). The van der Waals surface area contributed by atoms with Gasteiger partial charge in [0, 0.05) is 51.8 Å². The summed E-state index contributed by atoms with van der Waals surface area (Å²) in [5.74, 6) is -1.68. The number of nitrogens with two attached hydrogens (primary N) is 1. The zero-order chi connectivity index (χ0) is 29.1. The van der Waals surface area contributed by atoms with Crippen molar-refractivity contribution in [2.24, 2.45) is 5.73 Å². The number of nitrogens with zero attached hydrogens (tertiary/aromatic N) is 1. The Kier molecular flexibility index (Phi) is 8.14. The molecule has 0 saturated carbocycles. The minimum Gasteiger partial charge on any atom is -0.493 e. The molecular weight excluding hydrogens is 540 g/mol. The minimum atomic E-state index is -1.32. The van der Waals surface area contributed by atoms with Crippen molar-refractivity contribution in [1.29, 1.82) is 0 Å². The number of anilines is 1. The number of pyridine rings is 1. The van der Waals surface area contributed by atoms with Crippen molar-refractivity contribution in [3.8, 4) is 27.3 Å². The second-order valence-electron chi connectivity index (χ2n) is 9.80. The molecule has 2 amide bonds. The normalized spacial score (nSPS) is 12.8. The molecule has 1 aliphatic rings. The van der Waals surface area contributed by atoms with Crippen LogP contribution in [0.2, 0.25) is 0 Å². The largest absolute Gasteiger partial charge is 0.493 e. The number of fused-ring (bicyclic) bond motifs is 3. The molecular formula is C31H30N4O5S. The van der Waals surface area contributed by atoms with E-state index in [9.17, 15) is 19.5 Å². The molecule has 5 rings (SSSR count). The van der Waals surface area contributed by atoms with Gasteiger partial charge in [-0.2, -0.15) is 0 Å². The highest BCUT2D eigenvalue weighted by Gasteiger charge is 2.26. The van der Waals surface area contributed by atoms with Crippen molar-refractivity contribution < 1.29 is 24.2 Å². The van der Waals surface area contributed by atoms with Crippen molar-refractivity contribution in [3.63, 3.8) is 0 Å². The van der Waals surface area contributed by atoms with Crippen LogP contribution in [0.4, 0.5) is 5.69 Å². The number of carboxylic acids is 1. The number of carbonyl (C=O) groups is 3. The zero-order valence-electron chi connectivity index (χ0n) is 22.7. The van der Waals surface area contributed by atoms with E-state index in [2.05, 4.69) is 15.6 Å². The van der Waals surface area contributed by atoms with Gasteiger partial charge in [0.05, 0.1) is 6.61 Å². The number of aromatic carboxylic acids is 1. The van der Waals surface area contributed by atoms with E-state index in [1.54, 1.807) is 35.6 Å². The molecule has 5 N–H and O–H groups in total. The molecule has 210 valence electrons. The summed E-state index contributed by atoms with van der Waals surface area (Å²) < 4.78 is 6.08. The number of amides is 2. The van der Waals surface area contributed by atoms with Crippen molar-refractivity contribution in [2.75, 3.05) is 11.9 Å². The number of ether oxygens (including phenoxy) is 1. The molecule has 9 nitrogen and oxygen atoms in total. The third-order valence-electron chi connectivity index (χ3n) is 7.04. The number of aromatic nitrogens is 1. The predicted octanol–water partition coefficient (Wildman–Crippen LogP) is 5.35. The zero-order valence-corrected chi connectivity index (χ0v) is 23.5. The van der Waals surface area contributed by atoms with Gasteiger partial charge in [0.1, 0.15) is 11.4 Å². The predicted molar refractivity (Wildman–Crippen MR) is 159 cm³/mol. The SMILES string of the molecule is CCC(C)NC(=O)c1ccc(-c2cc3c(cc2C(=O)Nc2ccc(CN)cc2)-c2sccc2CCO3)c(C(=O)O)n1. The first-order chi connectivity index (χ1) is 19.8. The Hall–Kier alpha value is -4.54. The van der Waals surface area contributed by atoms with Crippen molar-refractivity contribution in [3.05, 3.63) is 88.1 Å². The Balaban J connectivity index is 1.64. The summed E-state index contributed by atoms with van der Waals surface area (Å²) in [7, 11) is 0. The lowest BCUT2D eigenvalue weighted by Gasteiger charge is -2.17. The molecule has 0 radical (unpaired) electrons. The van der Waals surface area contributed by atoms with Crippen molar-refractivity contribution in [2.45, 2.75) is 39.3 Å². The van der Waals surface area contributed by atoms with E-state index < -0.39 is 17.8 Å². The van der Waals surface area contributed by atoms with Gasteiger partial charge >= 0.3 is 5.97 Å². The van der Waals surface area contributed by atoms with Gasteiger partial charge < -0.3 is 26.2 Å². The number of nitrogens with one attached hydrogen (secondary N) is 2.